The summed E-state index contributed by atoms with van der Waals surface area (Å²) in [6.45, 7) is 0. The third-order valence-corrected chi connectivity index (χ3v) is 2.89. The molecule has 0 saturated heterocycles. The lowest BCUT2D eigenvalue weighted by atomic mass is 9.81. The van der Waals surface area contributed by atoms with E-state index in [2.05, 4.69) is 0 Å². The van der Waals surface area contributed by atoms with Gasteiger partial charge in [-0.3, -0.25) is 4.79 Å². The van der Waals surface area contributed by atoms with E-state index in [1.807, 2.05) is 18.2 Å². The van der Waals surface area contributed by atoms with E-state index in [9.17, 15) is 4.79 Å². The largest absolute Gasteiger partial charge is 0.289 e. The highest BCUT2D eigenvalue weighted by Gasteiger charge is 2.29. The molecule has 0 atom stereocenters. The average molecular weight is 234 g/mol. The number of ketones is 1. The predicted octanol–water partition coefficient (Wildman–Crippen LogP) is 2.79. The number of nitriles is 2. The van der Waals surface area contributed by atoms with Crippen LogP contribution in [0.1, 0.15) is 16.8 Å². The Balaban J connectivity index is 2.24. The number of Topliss-reactive ketones (excluding diaryl/α,β-unsaturated/α-hetero) is 1. The van der Waals surface area contributed by atoms with E-state index >= 15 is 0 Å². The van der Waals surface area contributed by atoms with Gasteiger partial charge in [0.05, 0.1) is 12.1 Å². The molecule has 3 heteroatoms. The monoisotopic (exact) mass is 234 g/mol. The Morgan fingerprint density at radius 3 is 2.33 bits per heavy atom. The van der Waals surface area contributed by atoms with Gasteiger partial charge in [-0.25, -0.2) is 0 Å². The van der Waals surface area contributed by atoms with Crippen LogP contribution in [0, 0.1) is 28.1 Å². The lowest BCUT2D eigenvalue weighted by Gasteiger charge is -2.16. The van der Waals surface area contributed by atoms with E-state index < -0.39 is 5.41 Å². The van der Waals surface area contributed by atoms with E-state index in [0.717, 1.165) is 0 Å². The zero-order valence-electron chi connectivity index (χ0n) is 9.63. The molecule has 1 aliphatic rings. The molecule has 0 heterocycles. The summed E-state index contributed by atoms with van der Waals surface area (Å²) in [6, 6.07) is 12.9. The fraction of sp³-hybridized carbons (Fsp3) is 0.133. The maximum Gasteiger partial charge on any atom is 0.192 e. The third-order valence-electron chi connectivity index (χ3n) is 2.89. The van der Waals surface area contributed by atoms with Crippen molar-refractivity contribution < 1.29 is 4.79 Å². The second kappa shape index (κ2) is 4.69. The summed E-state index contributed by atoms with van der Waals surface area (Å²) in [7, 11) is 0. The number of carbonyl (C=O) groups excluding carboxylic acids is 1. The van der Waals surface area contributed by atoms with Crippen molar-refractivity contribution in [2.75, 3.05) is 0 Å². The summed E-state index contributed by atoms with van der Waals surface area (Å²) >= 11 is 0. The van der Waals surface area contributed by atoms with Gasteiger partial charge in [-0.2, -0.15) is 10.5 Å². The van der Waals surface area contributed by atoms with Crippen LogP contribution in [0.4, 0.5) is 0 Å². The Bertz CT molecular complexity index is 598. The van der Waals surface area contributed by atoms with Crippen molar-refractivity contribution in [2.45, 2.75) is 6.42 Å². The predicted molar refractivity (Wildman–Crippen MR) is 66.3 cm³/mol. The lowest BCUT2D eigenvalue weighted by molar-refractivity contribution is 0.103. The standard InChI is InChI=1S/C15H10N2O/c16-10-15(11-17)8-6-13(7-9-15)14(18)12-4-2-1-3-5-12/h1-8H,9H2. The first-order chi connectivity index (χ1) is 8.71. The maximum absolute atomic E-state index is 12.1. The molecule has 0 unspecified atom stereocenters. The minimum Gasteiger partial charge on any atom is -0.289 e. The highest BCUT2D eigenvalue weighted by molar-refractivity contribution is 6.10. The molecule has 0 N–H and O–H groups in total. The molecule has 0 bridgehead atoms. The molecule has 86 valence electrons. The molecule has 1 aromatic carbocycles. The quantitative estimate of drug-likeness (QED) is 0.739. The fourth-order valence-electron chi connectivity index (χ4n) is 1.75. The van der Waals surface area contributed by atoms with Crippen LogP contribution in [0.5, 0.6) is 0 Å². The first kappa shape index (κ1) is 11.8. The van der Waals surface area contributed by atoms with E-state index in [1.165, 1.54) is 6.08 Å². The van der Waals surface area contributed by atoms with E-state index in [0.29, 0.717) is 11.1 Å². The molecular formula is C15H10N2O. The van der Waals surface area contributed by atoms with Crippen LogP contribution in [0.25, 0.3) is 0 Å². The Morgan fingerprint density at radius 2 is 1.83 bits per heavy atom. The number of nitrogens with zero attached hydrogens (tertiary/aromatic N) is 2. The third kappa shape index (κ3) is 2.07. The van der Waals surface area contributed by atoms with Gasteiger partial charge in [-0.05, 0) is 6.08 Å². The normalized spacial score (nSPS) is 16.2. The fourth-order valence-corrected chi connectivity index (χ4v) is 1.75. The highest BCUT2D eigenvalue weighted by Crippen LogP contribution is 2.29. The number of hydrogen-bond donors (Lipinski definition) is 0. The van der Waals surface area contributed by atoms with Gasteiger partial charge >= 0.3 is 0 Å². The smallest absolute Gasteiger partial charge is 0.192 e. The minimum atomic E-state index is -1.12. The topological polar surface area (TPSA) is 64.7 Å². The molecule has 2 rings (SSSR count). The van der Waals surface area contributed by atoms with Gasteiger partial charge in [0.1, 0.15) is 0 Å². The maximum atomic E-state index is 12.1. The Labute approximate surface area is 105 Å². The molecule has 0 saturated carbocycles. The molecule has 0 fully saturated rings. The average Bonchev–Trinajstić information content (AvgIpc) is 2.47. The van der Waals surface area contributed by atoms with Crippen molar-refractivity contribution in [2.24, 2.45) is 5.41 Å². The molecule has 3 nitrogen and oxygen atoms in total. The lowest BCUT2D eigenvalue weighted by Crippen LogP contribution is -2.16. The van der Waals surface area contributed by atoms with Crippen molar-refractivity contribution in [1.82, 2.24) is 0 Å². The number of rotatable bonds is 2. The van der Waals surface area contributed by atoms with Crippen molar-refractivity contribution >= 4 is 5.78 Å². The van der Waals surface area contributed by atoms with Crippen LogP contribution < -0.4 is 0 Å². The number of hydrogen-bond acceptors (Lipinski definition) is 3. The van der Waals surface area contributed by atoms with E-state index in [1.54, 1.807) is 36.4 Å². The van der Waals surface area contributed by atoms with Crippen LogP contribution in [0.3, 0.4) is 0 Å². The Hall–Kier alpha value is -2.65. The van der Waals surface area contributed by atoms with E-state index in [-0.39, 0.29) is 12.2 Å². The van der Waals surface area contributed by atoms with E-state index in [4.69, 9.17) is 10.5 Å². The molecule has 1 aliphatic carbocycles. The number of allylic oxidation sites excluding steroid dienone is 4. The SMILES string of the molecule is N#CC1(C#N)C=CC(C(=O)c2ccccc2)=CC1. The van der Waals surface area contributed by atoms with Crippen molar-refractivity contribution in [3.63, 3.8) is 0 Å². The Kier molecular flexibility index (Phi) is 3.08. The molecule has 0 amide bonds. The zero-order valence-corrected chi connectivity index (χ0v) is 9.63. The van der Waals surface area contributed by atoms with Crippen molar-refractivity contribution in [3.8, 4) is 12.1 Å². The minimum absolute atomic E-state index is 0.0867. The summed E-state index contributed by atoms with van der Waals surface area (Å²) in [6.07, 6.45) is 4.97. The molecule has 0 aromatic heterocycles. The van der Waals surface area contributed by atoms with Crippen molar-refractivity contribution in [3.05, 3.63) is 59.7 Å². The first-order valence-electron chi connectivity index (χ1n) is 5.52. The van der Waals surface area contributed by atoms with Crippen molar-refractivity contribution in [1.29, 1.82) is 10.5 Å². The van der Waals surface area contributed by atoms with Gasteiger partial charge in [0.25, 0.3) is 0 Å². The second-order valence-electron chi connectivity index (χ2n) is 4.09. The van der Waals surface area contributed by atoms with Crippen LogP contribution in [-0.4, -0.2) is 5.78 Å². The van der Waals surface area contributed by atoms with Gasteiger partial charge in [-0.15, -0.1) is 0 Å². The molecule has 1 aromatic rings. The summed E-state index contributed by atoms with van der Waals surface area (Å²) in [4.78, 5) is 12.1. The van der Waals surface area contributed by atoms with Crippen LogP contribution in [0.15, 0.2) is 54.1 Å². The van der Waals surface area contributed by atoms with Gasteiger partial charge in [0.15, 0.2) is 11.2 Å². The van der Waals surface area contributed by atoms with Crippen LogP contribution >= 0.6 is 0 Å². The highest BCUT2D eigenvalue weighted by atomic mass is 16.1. The summed E-state index contributed by atoms with van der Waals surface area (Å²) in [5.41, 5.74) is 0.0117. The summed E-state index contributed by atoms with van der Waals surface area (Å²) < 4.78 is 0. The molecule has 0 spiro atoms. The Morgan fingerprint density at radius 1 is 1.17 bits per heavy atom. The molecule has 0 radical (unpaired) electrons. The molecular weight excluding hydrogens is 224 g/mol. The van der Waals surface area contributed by atoms with Gasteiger partial charge < -0.3 is 0 Å². The molecule has 18 heavy (non-hydrogen) atoms. The van der Waals surface area contributed by atoms with Gasteiger partial charge in [0.2, 0.25) is 0 Å². The second-order valence-corrected chi connectivity index (χ2v) is 4.09. The van der Waals surface area contributed by atoms with Crippen LogP contribution in [-0.2, 0) is 0 Å². The first-order valence-corrected chi connectivity index (χ1v) is 5.52. The van der Waals surface area contributed by atoms with Gasteiger partial charge in [-0.1, -0.05) is 42.5 Å². The number of carbonyl (C=O) groups is 1. The zero-order chi connectivity index (χ0) is 13.0. The number of benzene rings is 1. The summed E-state index contributed by atoms with van der Waals surface area (Å²) in [5, 5.41) is 17.9. The molecule has 0 aliphatic heterocycles. The summed E-state index contributed by atoms with van der Waals surface area (Å²) in [5.74, 6) is -0.0867. The van der Waals surface area contributed by atoms with Crippen LogP contribution in [0.2, 0.25) is 0 Å². The van der Waals surface area contributed by atoms with Gasteiger partial charge in [0, 0.05) is 17.6 Å².